The molecule has 0 N–H and O–H groups in total. The van der Waals surface area contributed by atoms with Gasteiger partial charge in [-0.25, -0.2) is 0 Å². The fourth-order valence-corrected chi connectivity index (χ4v) is 1.36. The Morgan fingerprint density at radius 1 is 1.40 bits per heavy atom. The quantitative estimate of drug-likeness (QED) is 0.610. The first-order valence-corrected chi connectivity index (χ1v) is 3.99. The second kappa shape index (κ2) is 2.42. The highest BCUT2D eigenvalue weighted by molar-refractivity contribution is 8.03. The molecule has 1 aliphatic rings. The third-order valence-electron chi connectivity index (χ3n) is 1.35. The molecule has 1 aromatic heterocycles. The summed E-state index contributed by atoms with van der Waals surface area (Å²) in [5.41, 5.74) is 1.05. The van der Waals surface area contributed by atoms with E-state index >= 15 is 0 Å². The first kappa shape index (κ1) is 5.92. The van der Waals surface area contributed by atoms with E-state index in [4.69, 9.17) is 0 Å². The fourth-order valence-electron chi connectivity index (χ4n) is 0.783. The van der Waals surface area contributed by atoms with Crippen LogP contribution in [-0.4, -0.2) is 9.97 Å². The molecule has 0 radical (unpaired) electrons. The molecular formula is C7H6N2S. The van der Waals surface area contributed by atoms with Crippen molar-refractivity contribution in [3.63, 3.8) is 0 Å². The Hall–Kier alpha value is -0.830. The average molecular weight is 150 g/mol. The Morgan fingerprint density at radius 3 is 2.80 bits per heavy atom. The molecule has 0 spiro atoms. The van der Waals surface area contributed by atoms with Gasteiger partial charge in [-0.1, -0.05) is 6.08 Å². The molecule has 0 fully saturated rings. The minimum absolute atomic E-state index is 0.452. The molecule has 0 bridgehead atoms. The Bertz CT molecular complexity index is 245. The lowest BCUT2D eigenvalue weighted by Crippen LogP contribution is -1.97. The van der Waals surface area contributed by atoms with Crippen molar-refractivity contribution in [1.29, 1.82) is 0 Å². The van der Waals surface area contributed by atoms with Crippen LogP contribution in [-0.2, 0) is 0 Å². The molecule has 0 saturated carbocycles. The molecule has 1 unspecified atom stereocenters. The average Bonchev–Trinajstić information content (AvgIpc) is 1.86. The van der Waals surface area contributed by atoms with Crippen LogP contribution in [0.4, 0.5) is 0 Å². The van der Waals surface area contributed by atoms with E-state index in [1.807, 2.05) is 0 Å². The predicted octanol–water partition coefficient (Wildman–Crippen LogP) is 1.78. The van der Waals surface area contributed by atoms with Crippen LogP contribution in [0.3, 0.4) is 0 Å². The van der Waals surface area contributed by atoms with E-state index in [1.165, 1.54) is 0 Å². The van der Waals surface area contributed by atoms with Crippen molar-refractivity contribution in [2.75, 3.05) is 0 Å². The number of hydrogen-bond donors (Lipinski definition) is 0. The number of aromatic nitrogens is 2. The summed E-state index contributed by atoms with van der Waals surface area (Å²) >= 11 is 1.78. The minimum Gasteiger partial charge on any atom is -0.261 e. The molecule has 2 nitrogen and oxygen atoms in total. The topological polar surface area (TPSA) is 25.8 Å². The van der Waals surface area contributed by atoms with Crippen molar-refractivity contribution >= 4 is 11.8 Å². The highest BCUT2D eigenvalue weighted by Gasteiger charge is 2.13. The maximum absolute atomic E-state index is 4.17. The summed E-state index contributed by atoms with van der Waals surface area (Å²) < 4.78 is 0. The Kier molecular flexibility index (Phi) is 1.43. The van der Waals surface area contributed by atoms with Gasteiger partial charge in [-0.3, -0.25) is 9.97 Å². The van der Waals surface area contributed by atoms with Crippen LogP contribution in [0.25, 0.3) is 0 Å². The van der Waals surface area contributed by atoms with Crippen LogP contribution in [0.2, 0.25) is 0 Å². The normalized spacial score (nSPS) is 22.2. The molecular weight excluding hydrogens is 144 g/mol. The largest absolute Gasteiger partial charge is 0.261 e. The van der Waals surface area contributed by atoms with Crippen molar-refractivity contribution < 1.29 is 0 Å². The predicted molar refractivity (Wildman–Crippen MR) is 41.5 cm³/mol. The standard InChI is InChI=1S/C7H6N2S/c1-4-10-7(1)6-5-8-2-3-9-6/h1-5,7H. The van der Waals surface area contributed by atoms with E-state index < -0.39 is 0 Å². The van der Waals surface area contributed by atoms with Gasteiger partial charge in [-0.2, -0.15) is 0 Å². The van der Waals surface area contributed by atoms with Crippen molar-refractivity contribution in [2.24, 2.45) is 0 Å². The first-order valence-electron chi connectivity index (χ1n) is 3.05. The monoisotopic (exact) mass is 150 g/mol. The van der Waals surface area contributed by atoms with Crippen molar-refractivity contribution in [2.45, 2.75) is 5.25 Å². The molecule has 1 atom stereocenters. The zero-order chi connectivity index (χ0) is 6.81. The zero-order valence-corrected chi connectivity index (χ0v) is 6.08. The SMILES string of the molecule is C1=CC(c2cnccn2)S1. The van der Waals surface area contributed by atoms with Crippen LogP contribution in [0.1, 0.15) is 10.9 Å². The summed E-state index contributed by atoms with van der Waals surface area (Å²) in [4.78, 5) is 8.14. The molecule has 0 saturated heterocycles. The van der Waals surface area contributed by atoms with Gasteiger partial charge in [0.05, 0.1) is 10.9 Å². The lowest BCUT2D eigenvalue weighted by Gasteiger charge is -2.14. The maximum Gasteiger partial charge on any atom is 0.0758 e. The smallest absolute Gasteiger partial charge is 0.0758 e. The van der Waals surface area contributed by atoms with Crippen molar-refractivity contribution in [3.8, 4) is 0 Å². The lowest BCUT2D eigenvalue weighted by atomic mass is 10.3. The number of rotatable bonds is 1. The van der Waals surface area contributed by atoms with Gasteiger partial charge in [0, 0.05) is 18.6 Å². The first-order chi connectivity index (χ1) is 4.97. The summed E-state index contributed by atoms with van der Waals surface area (Å²) in [5.74, 6) is 0. The number of hydrogen-bond acceptors (Lipinski definition) is 3. The van der Waals surface area contributed by atoms with Gasteiger partial charge in [-0.15, -0.1) is 11.8 Å². The van der Waals surface area contributed by atoms with Gasteiger partial charge >= 0.3 is 0 Å². The van der Waals surface area contributed by atoms with Gasteiger partial charge in [0.25, 0.3) is 0 Å². The zero-order valence-electron chi connectivity index (χ0n) is 5.27. The fraction of sp³-hybridized carbons (Fsp3) is 0.143. The Balaban J connectivity index is 2.26. The highest BCUT2D eigenvalue weighted by atomic mass is 32.2. The molecule has 0 aliphatic carbocycles. The van der Waals surface area contributed by atoms with E-state index in [1.54, 1.807) is 30.4 Å². The summed E-state index contributed by atoms with van der Waals surface area (Å²) in [7, 11) is 0. The van der Waals surface area contributed by atoms with Crippen LogP contribution in [0, 0.1) is 0 Å². The van der Waals surface area contributed by atoms with E-state index in [9.17, 15) is 0 Å². The summed E-state index contributed by atoms with van der Waals surface area (Å²) in [6, 6.07) is 0. The molecule has 1 aromatic rings. The van der Waals surface area contributed by atoms with Crippen LogP contribution >= 0.6 is 11.8 Å². The van der Waals surface area contributed by atoms with E-state index in [-0.39, 0.29) is 0 Å². The molecule has 3 heteroatoms. The van der Waals surface area contributed by atoms with Crippen molar-refractivity contribution in [1.82, 2.24) is 9.97 Å². The maximum atomic E-state index is 4.17. The molecule has 0 amide bonds. The van der Waals surface area contributed by atoms with Gasteiger partial charge in [0.2, 0.25) is 0 Å². The van der Waals surface area contributed by atoms with Gasteiger partial charge < -0.3 is 0 Å². The molecule has 1 aliphatic heterocycles. The van der Waals surface area contributed by atoms with E-state index in [0.29, 0.717) is 5.25 Å². The molecule has 2 rings (SSSR count). The number of nitrogens with zero attached hydrogens (tertiary/aromatic N) is 2. The Labute approximate surface area is 63.4 Å². The van der Waals surface area contributed by atoms with E-state index in [2.05, 4.69) is 21.5 Å². The van der Waals surface area contributed by atoms with Gasteiger partial charge in [-0.05, 0) is 5.41 Å². The van der Waals surface area contributed by atoms with Gasteiger partial charge in [0.15, 0.2) is 0 Å². The van der Waals surface area contributed by atoms with Crippen LogP contribution in [0.5, 0.6) is 0 Å². The molecule has 10 heavy (non-hydrogen) atoms. The van der Waals surface area contributed by atoms with Crippen LogP contribution in [0.15, 0.2) is 30.1 Å². The summed E-state index contributed by atoms with van der Waals surface area (Å²) in [6.45, 7) is 0. The molecule has 50 valence electrons. The second-order valence-electron chi connectivity index (χ2n) is 2.02. The minimum atomic E-state index is 0.452. The summed E-state index contributed by atoms with van der Waals surface area (Å²) in [6.07, 6.45) is 7.34. The Morgan fingerprint density at radius 2 is 2.30 bits per heavy atom. The van der Waals surface area contributed by atoms with Crippen LogP contribution < -0.4 is 0 Å². The van der Waals surface area contributed by atoms with Crippen molar-refractivity contribution in [3.05, 3.63) is 35.8 Å². The molecule has 0 aromatic carbocycles. The lowest BCUT2D eigenvalue weighted by molar-refractivity contribution is 1.03. The molecule has 2 heterocycles. The third-order valence-corrected chi connectivity index (χ3v) is 2.36. The highest BCUT2D eigenvalue weighted by Crippen LogP contribution is 2.37. The number of thioether (sulfide) groups is 1. The third kappa shape index (κ3) is 0.926. The van der Waals surface area contributed by atoms with Gasteiger partial charge in [0.1, 0.15) is 0 Å². The summed E-state index contributed by atoms with van der Waals surface area (Å²) in [5, 5.41) is 2.52. The van der Waals surface area contributed by atoms with E-state index in [0.717, 1.165) is 5.69 Å². The second-order valence-corrected chi connectivity index (χ2v) is 3.07.